The Morgan fingerprint density at radius 1 is 0.258 bits per heavy atom. The average molecular weight is 790 g/mol. The normalized spacial score (nSPS) is 11.5. The summed E-state index contributed by atoms with van der Waals surface area (Å²) in [6, 6.07) is 85.5. The van der Waals surface area contributed by atoms with Crippen LogP contribution in [0.25, 0.3) is 98.8 Å². The predicted octanol–water partition coefficient (Wildman–Crippen LogP) is 17.2. The van der Waals surface area contributed by atoms with Gasteiger partial charge in [-0.15, -0.1) is 0 Å². The fraction of sp³-hybridized carbons (Fsp3) is 0. The van der Waals surface area contributed by atoms with Gasteiger partial charge in [0, 0.05) is 27.8 Å². The van der Waals surface area contributed by atoms with Crippen molar-refractivity contribution in [1.82, 2.24) is 0 Å². The maximum Gasteiger partial charge on any atom is 0.136 e. The second kappa shape index (κ2) is 14.8. The van der Waals surface area contributed by atoms with Crippen LogP contribution >= 0.6 is 0 Å². The van der Waals surface area contributed by atoms with Crippen LogP contribution in [-0.2, 0) is 0 Å². The van der Waals surface area contributed by atoms with E-state index in [-0.39, 0.29) is 0 Å². The third kappa shape index (κ3) is 6.20. The minimum Gasteiger partial charge on any atom is -0.456 e. The topological polar surface area (TPSA) is 16.4 Å². The van der Waals surface area contributed by atoms with Crippen LogP contribution in [-0.4, -0.2) is 0 Å². The molecule has 0 fully saturated rings. The summed E-state index contributed by atoms with van der Waals surface area (Å²) in [6.45, 7) is 0. The Hall–Kier alpha value is -8.20. The summed E-state index contributed by atoms with van der Waals surface area (Å²) in [5.41, 5.74) is 14.5. The fourth-order valence-corrected chi connectivity index (χ4v) is 9.39. The highest BCUT2D eigenvalue weighted by Crippen LogP contribution is 2.41. The molecule has 2 heteroatoms. The van der Waals surface area contributed by atoms with Crippen LogP contribution in [0.5, 0.6) is 0 Å². The molecule has 0 radical (unpaired) electrons. The Morgan fingerprint density at radius 2 is 0.758 bits per heavy atom. The summed E-state index contributed by atoms with van der Waals surface area (Å²) in [5.74, 6) is 0. The standard InChI is InChI=1S/C60H39NO/c1-3-15-52-42(10-1)12-8-18-54(52)44-24-22-40(23-25-44)46-13-7-14-51(39-46)61(50-35-30-45(31-36-50)56-19-9-21-59-60(56)57-17-5-6-20-58(57)62-59)49-33-28-41(29-34-49)47-32-37-55-48(38-47)27-26-43-11-2-4-16-53(43)55/h1-39H. The molecule has 12 rings (SSSR count). The molecule has 0 amide bonds. The molecular weight excluding hydrogens is 751 g/mol. The highest BCUT2D eigenvalue weighted by atomic mass is 16.3. The summed E-state index contributed by atoms with van der Waals surface area (Å²) in [6.07, 6.45) is 0. The number of hydrogen-bond donors (Lipinski definition) is 0. The second-order valence-corrected chi connectivity index (χ2v) is 16.1. The number of fused-ring (bicyclic) bond motifs is 7. The van der Waals surface area contributed by atoms with Gasteiger partial charge in [-0.3, -0.25) is 0 Å². The first kappa shape index (κ1) is 35.7. The molecule has 1 heterocycles. The van der Waals surface area contributed by atoms with Crippen LogP contribution in [0.1, 0.15) is 0 Å². The van der Waals surface area contributed by atoms with Crippen LogP contribution in [0.2, 0.25) is 0 Å². The Labute approximate surface area is 360 Å². The molecule has 11 aromatic carbocycles. The average Bonchev–Trinajstić information content (AvgIpc) is 3.73. The maximum absolute atomic E-state index is 6.26. The van der Waals surface area contributed by atoms with E-state index < -0.39 is 0 Å². The number of anilines is 3. The van der Waals surface area contributed by atoms with Crippen molar-refractivity contribution in [3.8, 4) is 44.5 Å². The molecular formula is C60H39NO. The zero-order valence-corrected chi connectivity index (χ0v) is 33.9. The molecule has 0 bridgehead atoms. The predicted molar refractivity (Wildman–Crippen MR) is 263 cm³/mol. The lowest BCUT2D eigenvalue weighted by atomic mass is 9.96. The van der Waals surface area contributed by atoms with E-state index in [4.69, 9.17) is 4.42 Å². The third-order valence-corrected chi connectivity index (χ3v) is 12.5. The van der Waals surface area contributed by atoms with Crippen molar-refractivity contribution in [2.24, 2.45) is 0 Å². The van der Waals surface area contributed by atoms with Crippen molar-refractivity contribution in [3.05, 3.63) is 237 Å². The van der Waals surface area contributed by atoms with E-state index in [9.17, 15) is 0 Å². The van der Waals surface area contributed by atoms with Gasteiger partial charge in [-0.1, -0.05) is 182 Å². The van der Waals surface area contributed by atoms with Gasteiger partial charge < -0.3 is 9.32 Å². The van der Waals surface area contributed by atoms with Crippen molar-refractivity contribution < 1.29 is 4.42 Å². The number of furan rings is 1. The van der Waals surface area contributed by atoms with Gasteiger partial charge in [0.1, 0.15) is 11.2 Å². The number of hydrogen-bond acceptors (Lipinski definition) is 2. The molecule has 2 nitrogen and oxygen atoms in total. The van der Waals surface area contributed by atoms with E-state index >= 15 is 0 Å². The molecule has 0 atom stereocenters. The Balaban J connectivity index is 0.930. The lowest BCUT2D eigenvalue weighted by Gasteiger charge is -2.26. The molecule has 0 aliphatic rings. The molecule has 12 aromatic rings. The van der Waals surface area contributed by atoms with Crippen molar-refractivity contribution >= 4 is 71.3 Å². The molecule has 290 valence electrons. The van der Waals surface area contributed by atoms with E-state index in [0.29, 0.717) is 0 Å². The Kier molecular flexibility index (Phi) is 8.53. The van der Waals surface area contributed by atoms with Crippen LogP contribution in [0.3, 0.4) is 0 Å². The minimum absolute atomic E-state index is 0.899. The molecule has 0 spiro atoms. The lowest BCUT2D eigenvalue weighted by Crippen LogP contribution is -2.10. The van der Waals surface area contributed by atoms with Crippen LogP contribution in [0.15, 0.2) is 241 Å². The molecule has 1 aromatic heterocycles. The number of para-hydroxylation sites is 1. The highest BCUT2D eigenvalue weighted by Gasteiger charge is 2.17. The molecule has 0 aliphatic heterocycles. The quantitative estimate of drug-likeness (QED) is 0.150. The smallest absolute Gasteiger partial charge is 0.136 e. The van der Waals surface area contributed by atoms with Gasteiger partial charge in [0.2, 0.25) is 0 Å². The number of benzene rings is 11. The monoisotopic (exact) mass is 789 g/mol. The van der Waals surface area contributed by atoms with Gasteiger partial charge in [-0.05, 0) is 131 Å². The van der Waals surface area contributed by atoms with Crippen LogP contribution in [0.4, 0.5) is 17.1 Å². The zero-order chi connectivity index (χ0) is 41.0. The van der Waals surface area contributed by atoms with Gasteiger partial charge in [0.05, 0.1) is 0 Å². The van der Waals surface area contributed by atoms with E-state index in [1.165, 1.54) is 60.1 Å². The van der Waals surface area contributed by atoms with Crippen LogP contribution < -0.4 is 4.90 Å². The number of rotatable bonds is 7. The Morgan fingerprint density at radius 3 is 1.55 bits per heavy atom. The second-order valence-electron chi connectivity index (χ2n) is 16.1. The molecule has 0 saturated heterocycles. The SMILES string of the molecule is c1cc(-c2ccc(-c3cccc4ccccc34)cc2)cc(N(c2ccc(-c3ccc4c(ccc5ccccc54)c3)cc2)c2ccc(-c3cccc4oc5ccccc5c34)cc2)c1. The van der Waals surface area contributed by atoms with E-state index in [1.807, 2.05) is 12.1 Å². The minimum atomic E-state index is 0.899. The first-order chi connectivity index (χ1) is 30.7. The highest BCUT2D eigenvalue weighted by molar-refractivity contribution is 6.12. The van der Waals surface area contributed by atoms with E-state index in [1.54, 1.807) is 0 Å². The first-order valence-corrected chi connectivity index (χ1v) is 21.2. The molecule has 0 aliphatic carbocycles. The first-order valence-electron chi connectivity index (χ1n) is 21.2. The van der Waals surface area contributed by atoms with Gasteiger partial charge in [0.15, 0.2) is 0 Å². The van der Waals surface area contributed by atoms with E-state index in [0.717, 1.165) is 55.7 Å². The largest absolute Gasteiger partial charge is 0.456 e. The molecule has 0 saturated carbocycles. The maximum atomic E-state index is 6.26. The van der Waals surface area contributed by atoms with Crippen molar-refractivity contribution in [3.63, 3.8) is 0 Å². The van der Waals surface area contributed by atoms with Gasteiger partial charge in [-0.2, -0.15) is 0 Å². The van der Waals surface area contributed by atoms with Gasteiger partial charge in [-0.25, -0.2) is 0 Å². The zero-order valence-electron chi connectivity index (χ0n) is 33.9. The van der Waals surface area contributed by atoms with Gasteiger partial charge in [0.25, 0.3) is 0 Å². The van der Waals surface area contributed by atoms with Crippen molar-refractivity contribution in [2.75, 3.05) is 4.90 Å². The van der Waals surface area contributed by atoms with Crippen molar-refractivity contribution in [2.45, 2.75) is 0 Å². The summed E-state index contributed by atoms with van der Waals surface area (Å²) in [7, 11) is 0. The third-order valence-electron chi connectivity index (χ3n) is 12.5. The Bertz CT molecular complexity index is 3610. The summed E-state index contributed by atoms with van der Waals surface area (Å²) >= 11 is 0. The summed E-state index contributed by atoms with van der Waals surface area (Å²) < 4.78 is 6.26. The molecule has 0 N–H and O–H groups in total. The summed E-state index contributed by atoms with van der Waals surface area (Å²) in [4.78, 5) is 2.36. The van der Waals surface area contributed by atoms with E-state index in [2.05, 4.69) is 229 Å². The van der Waals surface area contributed by atoms with Crippen molar-refractivity contribution in [1.29, 1.82) is 0 Å². The molecule has 0 unspecified atom stereocenters. The lowest BCUT2D eigenvalue weighted by molar-refractivity contribution is 0.669. The number of nitrogens with zero attached hydrogens (tertiary/aromatic N) is 1. The summed E-state index contributed by atoms with van der Waals surface area (Å²) in [5, 5.41) is 9.86. The molecule has 62 heavy (non-hydrogen) atoms. The fourth-order valence-electron chi connectivity index (χ4n) is 9.39. The van der Waals surface area contributed by atoms with Crippen LogP contribution in [0, 0.1) is 0 Å². The van der Waals surface area contributed by atoms with Gasteiger partial charge >= 0.3 is 0 Å².